The van der Waals surface area contributed by atoms with E-state index < -0.39 is 0 Å². The van der Waals surface area contributed by atoms with Crippen LogP contribution in [0.4, 0.5) is 0 Å². The van der Waals surface area contributed by atoms with Crippen molar-refractivity contribution in [1.29, 1.82) is 0 Å². The lowest BCUT2D eigenvalue weighted by atomic mass is 9.78. The van der Waals surface area contributed by atoms with E-state index in [1.807, 2.05) is 0 Å². The first kappa shape index (κ1) is 14.8. The lowest BCUT2D eigenvalue weighted by molar-refractivity contribution is -0.108. The molecule has 4 fully saturated rings. The number of rotatable bonds is 1. The Labute approximate surface area is 133 Å². The summed E-state index contributed by atoms with van der Waals surface area (Å²) in [5.41, 5.74) is 6.62. The van der Waals surface area contributed by atoms with Gasteiger partial charge in [-0.2, -0.15) is 11.8 Å². The molecule has 1 saturated carbocycles. The molecule has 0 radical (unpaired) electrons. The van der Waals surface area contributed by atoms with Gasteiger partial charge in [0.05, 0.1) is 5.60 Å². The standard InChI is InChI=1S/C17H30N2OS/c18-16-3-1-2-13-11-19(12-15(13)16)14-4-7-20-17(10-14)5-8-21-9-6-17/h13-16H,1-12,18H2. The minimum atomic E-state index is 0.226. The molecule has 4 rings (SSSR count). The molecule has 4 heteroatoms. The maximum Gasteiger partial charge on any atom is 0.0713 e. The molecule has 3 heterocycles. The highest BCUT2D eigenvalue weighted by molar-refractivity contribution is 7.99. The Morgan fingerprint density at radius 2 is 1.95 bits per heavy atom. The molecule has 4 aliphatic rings. The minimum Gasteiger partial charge on any atom is -0.375 e. The second-order valence-electron chi connectivity index (χ2n) is 7.76. The zero-order valence-electron chi connectivity index (χ0n) is 13.1. The van der Waals surface area contributed by atoms with Crippen LogP contribution in [0.25, 0.3) is 0 Å². The third-order valence-corrected chi connectivity index (χ3v) is 7.56. The van der Waals surface area contributed by atoms with Crippen LogP contribution in [0, 0.1) is 11.8 Å². The van der Waals surface area contributed by atoms with Crippen molar-refractivity contribution >= 4 is 11.8 Å². The number of hydrogen-bond donors (Lipinski definition) is 1. The highest BCUT2D eigenvalue weighted by atomic mass is 32.2. The van der Waals surface area contributed by atoms with E-state index >= 15 is 0 Å². The Kier molecular flexibility index (Phi) is 4.25. The lowest BCUT2D eigenvalue weighted by Gasteiger charge is -2.45. The predicted molar refractivity (Wildman–Crippen MR) is 88.6 cm³/mol. The Balaban J connectivity index is 1.42. The quantitative estimate of drug-likeness (QED) is 0.807. The molecule has 3 aliphatic heterocycles. The number of nitrogens with two attached hydrogens (primary N) is 1. The summed E-state index contributed by atoms with van der Waals surface area (Å²) in [5, 5.41) is 0. The monoisotopic (exact) mass is 310 g/mol. The highest BCUT2D eigenvalue weighted by Crippen LogP contribution is 2.42. The van der Waals surface area contributed by atoms with Crippen LogP contribution < -0.4 is 5.73 Å². The van der Waals surface area contributed by atoms with Gasteiger partial charge in [0.2, 0.25) is 0 Å². The molecule has 0 bridgehead atoms. The van der Waals surface area contributed by atoms with E-state index in [1.54, 1.807) is 0 Å². The van der Waals surface area contributed by atoms with Crippen molar-refractivity contribution in [1.82, 2.24) is 4.90 Å². The lowest BCUT2D eigenvalue weighted by Crippen LogP contribution is -2.50. The van der Waals surface area contributed by atoms with Gasteiger partial charge in [0, 0.05) is 31.8 Å². The van der Waals surface area contributed by atoms with E-state index in [0.29, 0.717) is 6.04 Å². The van der Waals surface area contributed by atoms with Gasteiger partial charge in [-0.25, -0.2) is 0 Å². The normalized spacial score (nSPS) is 43.9. The number of likely N-dealkylation sites (tertiary alicyclic amines) is 1. The third kappa shape index (κ3) is 2.89. The van der Waals surface area contributed by atoms with Crippen molar-refractivity contribution in [3.8, 4) is 0 Å². The topological polar surface area (TPSA) is 38.5 Å². The SMILES string of the molecule is NC1CCCC2CN(C3CCOC4(CCSCC4)C3)CC12. The molecule has 4 unspecified atom stereocenters. The van der Waals surface area contributed by atoms with Crippen LogP contribution in [0.3, 0.4) is 0 Å². The minimum absolute atomic E-state index is 0.226. The fraction of sp³-hybridized carbons (Fsp3) is 1.00. The van der Waals surface area contributed by atoms with Gasteiger partial charge in [0.25, 0.3) is 0 Å². The van der Waals surface area contributed by atoms with E-state index in [4.69, 9.17) is 10.5 Å². The Hall–Kier alpha value is 0.230. The predicted octanol–water partition coefficient (Wildman–Crippen LogP) is 2.49. The molecular formula is C17H30N2OS. The molecule has 0 aromatic heterocycles. The maximum absolute atomic E-state index is 6.39. The number of ether oxygens (including phenoxy) is 1. The van der Waals surface area contributed by atoms with Gasteiger partial charge in [-0.15, -0.1) is 0 Å². The summed E-state index contributed by atoms with van der Waals surface area (Å²) in [6, 6.07) is 1.23. The van der Waals surface area contributed by atoms with Crippen molar-refractivity contribution in [2.24, 2.45) is 17.6 Å². The molecular weight excluding hydrogens is 280 g/mol. The van der Waals surface area contributed by atoms with Crippen LogP contribution in [-0.2, 0) is 4.74 Å². The number of nitrogens with zero attached hydrogens (tertiary/aromatic N) is 1. The summed E-state index contributed by atoms with van der Waals surface area (Å²) < 4.78 is 6.27. The molecule has 2 N–H and O–H groups in total. The van der Waals surface area contributed by atoms with E-state index in [-0.39, 0.29) is 5.60 Å². The van der Waals surface area contributed by atoms with Crippen LogP contribution in [0.1, 0.15) is 44.9 Å². The zero-order chi connectivity index (χ0) is 14.3. The Morgan fingerprint density at radius 3 is 2.76 bits per heavy atom. The molecule has 0 amide bonds. The van der Waals surface area contributed by atoms with Crippen LogP contribution in [-0.4, -0.2) is 53.8 Å². The first-order chi connectivity index (χ1) is 10.3. The van der Waals surface area contributed by atoms with Crippen molar-refractivity contribution in [3.05, 3.63) is 0 Å². The summed E-state index contributed by atoms with van der Waals surface area (Å²) >= 11 is 2.10. The molecule has 21 heavy (non-hydrogen) atoms. The Morgan fingerprint density at radius 1 is 1.10 bits per heavy atom. The van der Waals surface area contributed by atoms with Gasteiger partial charge in [-0.1, -0.05) is 6.42 Å². The molecule has 3 nitrogen and oxygen atoms in total. The van der Waals surface area contributed by atoms with Gasteiger partial charge >= 0.3 is 0 Å². The second kappa shape index (κ2) is 6.03. The highest BCUT2D eigenvalue weighted by Gasteiger charge is 2.45. The van der Waals surface area contributed by atoms with E-state index in [2.05, 4.69) is 16.7 Å². The summed E-state index contributed by atoms with van der Waals surface area (Å²) in [4.78, 5) is 2.80. The smallest absolute Gasteiger partial charge is 0.0713 e. The van der Waals surface area contributed by atoms with Crippen molar-refractivity contribution < 1.29 is 4.74 Å². The Bertz CT molecular complexity index is 366. The van der Waals surface area contributed by atoms with Gasteiger partial charge in [0.15, 0.2) is 0 Å². The van der Waals surface area contributed by atoms with E-state index in [0.717, 1.165) is 24.5 Å². The first-order valence-electron chi connectivity index (χ1n) is 8.97. The van der Waals surface area contributed by atoms with Crippen LogP contribution in [0.2, 0.25) is 0 Å². The maximum atomic E-state index is 6.39. The largest absolute Gasteiger partial charge is 0.375 e. The van der Waals surface area contributed by atoms with Gasteiger partial charge < -0.3 is 10.5 Å². The third-order valence-electron chi connectivity index (χ3n) is 6.57. The van der Waals surface area contributed by atoms with E-state index in [9.17, 15) is 0 Å². The average Bonchev–Trinajstić information content (AvgIpc) is 2.94. The van der Waals surface area contributed by atoms with Crippen LogP contribution in [0.15, 0.2) is 0 Å². The van der Waals surface area contributed by atoms with Crippen LogP contribution >= 0.6 is 11.8 Å². The molecule has 4 atom stereocenters. The fourth-order valence-corrected chi connectivity index (χ4v) is 6.49. The fourth-order valence-electron chi connectivity index (χ4n) is 5.25. The summed E-state index contributed by atoms with van der Waals surface area (Å²) in [5.74, 6) is 4.25. The first-order valence-corrected chi connectivity index (χ1v) is 10.1. The zero-order valence-corrected chi connectivity index (χ0v) is 14.0. The second-order valence-corrected chi connectivity index (χ2v) is 8.99. The van der Waals surface area contributed by atoms with Gasteiger partial charge in [-0.3, -0.25) is 4.90 Å². The van der Waals surface area contributed by atoms with Crippen molar-refractivity contribution in [2.45, 2.75) is 62.6 Å². The average molecular weight is 311 g/mol. The van der Waals surface area contributed by atoms with Crippen molar-refractivity contribution in [2.75, 3.05) is 31.2 Å². The summed E-state index contributed by atoms with van der Waals surface area (Å²) in [7, 11) is 0. The number of hydrogen-bond acceptors (Lipinski definition) is 4. The molecule has 1 spiro atoms. The van der Waals surface area contributed by atoms with Gasteiger partial charge in [0.1, 0.15) is 0 Å². The van der Waals surface area contributed by atoms with Gasteiger partial charge in [-0.05, 0) is 61.9 Å². The molecule has 120 valence electrons. The molecule has 1 aliphatic carbocycles. The summed E-state index contributed by atoms with van der Waals surface area (Å²) in [6.07, 6.45) is 9.09. The number of thioether (sulfide) groups is 1. The summed E-state index contributed by atoms with van der Waals surface area (Å²) in [6.45, 7) is 3.56. The molecule has 3 saturated heterocycles. The van der Waals surface area contributed by atoms with Crippen molar-refractivity contribution in [3.63, 3.8) is 0 Å². The molecule has 0 aromatic rings. The van der Waals surface area contributed by atoms with Crippen LogP contribution in [0.5, 0.6) is 0 Å². The molecule has 0 aromatic carbocycles. The van der Waals surface area contributed by atoms with E-state index in [1.165, 1.54) is 69.5 Å². The number of fused-ring (bicyclic) bond motifs is 1.